The lowest BCUT2D eigenvalue weighted by Gasteiger charge is -2.18. The van der Waals surface area contributed by atoms with Crippen molar-refractivity contribution in [2.75, 3.05) is 20.1 Å². The molecule has 0 saturated carbocycles. The average molecular weight is 432 g/mol. The number of unbranched alkanes of at least 4 members (excludes halogenated alkanes) is 1. The second-order valence-electron chi connectivity index (χ2n) is 5.85. The van der Waals surface area contributed by atoms with Crippen LogP contribution in [0.25, 0.3) is 0 Å². The maximum absolute atomic E-state index is 4.31. The average Bonchev–Trinajstić information content (AvgIpc) is 2.54. The Hall–Kier alpha value is -0.850. The van der Waals surface area contributed by atoms with Gasteiger partial charge in [0.05, 0.1) is 0 Å². The zero-order valence-corrected chi connectivity index (χ0v) is 17.4. The van der Waals surface area contributed by atoms with Gasteiger partial charge in [0.25, 0.3) is 0 Å². The molecule has 5 heteroatoms. The monoisotopic (exact) mass is 432 g/mol. The quantitative estimate of drug-likeness (QED) is 0.353. The third-order valence-corrected chi connectivity index (χ3v) is 4.15. The van der Waals surface area contributed by atoms with Gasteiger partial charge in [0.15, 0.2) is 5.96 Å². The van der Waals surface area contributed by atoms with Gasteiger partial charge in [0, 0.05) is 32.5 Å². The number of aryl methyl sites for hydroxylation is 1. The van der Waals surface area contributed by atoms with Crippen LogP contribution >= 0.6 is 24.0 Å². The maximum atomic E-state index is 4.31. The van der Waals surface area contributed by atoms with Crippen LogP contribution in [0.15, 0.2) is 23.5 Å². The Balaban J connectivity index is 0.00000484. The molecule has 1 heterocycles. The molecule has 4 nitrogen and oxygen atoms in total. The van der Waals surface area contributed by atoms with Crippen LogP contribution in [-0.4, -0.2) is 31.1 Å². The molecule has 0 spiro atoms. The van der Waals surface area contributed by atoms with E-state index in [1.807, 2.05) is 19.4 Å². The molecule has 132 valence electrons. The first-order valence-corrected chi connectivity index (χ1v) is 8.55. The second kappa shape index (κ2) is 13.6. The summed E-state index contributed by atoms with van der Waals surface area (Å²) >= 11 is 0. The van der Waals surface area contributed by atoms with Gasteiger partial charge in [0.1, 0.15) is 0 Å². The van der Waals surface area contributed by atoms with Gasteiger partial charge >= 0.3 is 0 Å². The van der Waals surface area contributed by atoms with Gasteiger partial charge in [0.2, 0.25) is 0 Å². The minimum Gasteiger partial charge on any atom is -0.356 e. The fraction of sp³-hybridized carbons (Fsp3) is 0.667. The van der Waals surface area contributed by atoms with Gasteiger partial charge in [-0.3, -0.25) is 9.98 Å². The molecule has 1 unspecified atom stereocenters. The summed E-state index contributed by atoms with van der Waals surface area (Å²) in [5, 5.41) is 6.86. The third-order valence-electron chi connectivity index (χ3n) is 4.15. The summed E-state index contributed by atoms with van der Waals surface area (Å²) in [4.78, 5) is 8.44. The molecule has 0 amide bonds. The number of aliphatic imine (C=N–C) groups is 1. The van der Waals surface area contributed by atoms with E-state index in [-0.39, 0.29) is 24.0 Å². The van der Waals surface area contributed by atoms with Crippen LogP contribution in [0.2, 0.25) is 0 Å². The van der Waals surface area contributed by atoms with Crippen molar-refractivity contribution in [2.45, 2.75) is 52.9 Å². The van der Waals surface area contributed by atoms with Gasteiger partial charge in [-0.2, -0.15) is 0 Å². The number of guanidine groups is 1. The molecular weight excluding hydrogens is 399 g/mol. The van der Waals surface area contributed by atoms with Gasteiger partial charge in [-0.05, 0) is 42.9 Å². The summed E-state index contributed by atoms with van der Waals surface area (Å²) in [6.45, 7) is 8.52. The molecule has 0 aliphatic rings. The number of pyridine rings is 1. The highest BCUT2D eigenvalue weighted by atomic mass is 127. The van der Waals surface area contributed by atoms with Crippen molar-refractivity contribution in [3.63, 3.8) is 0 Å². The Kier molecular flexibility index (Phi) is 13.1. The molecule has 0 aliphatic carbocycles. The van der Waals surface area contributed by atoms with E-state index >= 15 is 0 Å². The lowest BCUT2D eigenvalue weighted by Crippen LogP contribution is -2.40. The van der Waals surface area contributed by atoms with E-state index in [4.69, 9.17) is 0 Å². The summed E-state index contributed by atoms with van der Waals surface area (Å²) in [5.74, 6) is 1.64. The number of rotatable bonds is 9. The number of aromatic nitrogens is 1. The molecule has 0 aliphatic heterocycles. The van der Waals surface area contributed by atoms with Crippen LogP contribution in [0.1, 0.15) is 50.7 Å². The highest BCUT2D eigenvalue weighted by Crippen LogP contribution is 2.11. The van der Waals surface area contributed by atoms with Crippen LogP contribution in [0, 0.1) is 12.8 Å². The maximum Gasteiger partial charge on any atom is 0.190 e. The number of halogens is 1. The fourth-order valence-electron chi connectivity index (χ4n) is 2.50. The Morgan fingerprint density at radius 3 is 2.70 bits per heavy atom. The van der Waals surface area contributed by atoms with Crippen LogP contribution < -0.4 is 10.6 Å². The molecule has 1 aromatic rings. The lowest BCUT2D eigenvalue weighted by molar-refractivity contribution is 0.444. The summed E-state index contributed by atoms with van der Waals surface area (Å²) < 4.78 is 0. The Bertz CT molecular complexity index is 448. The topological polar surface area (TPSA) is 49.3 Å². The normalized spacial score (nSPS) is 12.4. The predicted octanol–water partition coefficient (Wildman–Crippen LogP) is 3.93. The highest BCUT2D eigenvalue weighted by Gasteiger charge is 2.07. The molecule has 2 N–H and O–H groups in total. The molecule has 0 saturated heterocycles. The van der Waals surface area contributed by atoms with Gasteiger partial charge in [-0.1, -0.05) is 33.1 Å². The number of hydrogen-bond acceptors (Lipinski definition) is 2. The fourth-order valence-corrected chi connectivity index (χ4v) is 2.50. The first-order chi connectivity index (χ1) is 10.7. The molecular formula is C18H33IN4. The van der Waals surface area contributed by atoms with Crippen LogP contribution in [-0.2, 0) is 6.42 Å². The van der Waals surface area contributed by atoms with Crippen molar-refractivity contribution in [3.05, 3.63) is 29.6 Å². The Labute approximate surface area is 159 Å². The summed E-state index contributed by atoms with van der Waals surface area (Å²) in [6.07, 6.45) is 9.87. The van der Waals surface area contributed by atoms with Gasteiger partial charge in [-0.25, -0.2) is 0 Å². The van der Waals surface area contributed by atoms with E-state index in [9.17, 15) is 0 Å². The number of hydrogen-bond donors (Lipinski definition) is 2. The van der Waals surface area contributed by atoms with E-state index in [0.717, 1.165) is 31.4 Å². The minimum absolute atomic E-state index is 0. The molecule has 1 aromatic heterocycles. The molecule has 0 bridgehead atoms. The van der Waals surface area contributed by atoms with E-state index in [1.165, 1.54) is 36.8 Å². The van der Waals surface area contributed by atoms with Crippen molar-refractivity contribution in [3.8, 4) is 0 Å². The molecule has 1 rings (SSSR count). The summed E-state index contributed by atoms with van der Waals surface area (Å²) in [5.41, 5.74) is 2.59. The SMILES string of the molecule is CCCCC(CC)CNC(=NC)NCCc1ccncc1C.I. The van der Waals surface area contributed by atoms with Crippen molar-refractivity contribution in [1.29, 1.82) is 0 Å². The Morgan fingerprint density at radius 1 is 1.30 bits per heavy atom. The molecule has 0 radical (unpaired) electrons. The molecule has 23 heavy (non-hydrogen) atoms. The van der Waals surface area contributed by atoms with Gasteiger partial charge < -0.3 is 10.6 Å². The predicted molar refractivity (Wildman–Crippen MR) is 111 cm³/mol. The number of nitrogens with one attached hydrogen (secondary N) is 2. The number of nitrogens with zero attached hydrogens (tertiary/aromatic N) is 2. The van der Waals surface area contributed by atoms with Crippen molar-refractivity contribution in [2.24, 2.45) is 10.9 Å². The van der Waals surface area contributed by atoms with Crippen LogP contribution in [0.4, 0.5) is 0 Å². The zero-order chi connectivity index (χ0) is 16.2. The standard InChI is InChI=1S/C18H32N4.HI/c1-5-7-8-16(6-2)14-22-18(19-4)21-12-10-17-9-11-20-13-15(17)3;/h9,11,13,16H,5-8,10,12,14H2,1-4H3,(H2,19,21,22);1H. The largest absolute Gasteiger partial charge is 0.356 e. The van der Waals surface area contributed by atoms with E-state index < -0.39 is 0 Å². The van der Waals surface area contributed by atoms with E-state index in [0.29, 0.717) is 0 Å². The summed E-state index contributed by atoms with van der Waals surface area (Å²) in [6, 6.07) is 2.09. The highest BCUT2D eigenvalue weighted by molar-refractivity contribution is 14.0. The Morgan fingerprint density at radius 2 is 2.09 bits per heavy atom. The molecule has 0 fully saturated rings. The first-order valence-electron chi connectivity index (χ1n) is 8.55. The van der Waals surface area contributed by atoms with Gasteiger partial charge in [-0.15, -0.1) is 24.0 Å². The second-order valence-corrected chi connectivity index (χ2v) is 5.85. The van der Waals surface area contributed by atoms with Crippen LogP contribution in [0.5, 0.6) is 0 Å². The van der Waals surface area contributed by atoms with Crippen molar-refractivity contribution >= 4 is 29.9 Å². The molecule has 0 aromatic carbocycles. The summed E-state index contributed by atoms with van der Waals surface area (Å²) in [7, 11) is 1.83. The zero-order valence-electron chi connectivity index (χ0n) is 15.1. The van der Waals surface area contributed by atoms with Crippen LogP contribution in [0.3, 0.4) is 0 Å². The van der Waals surface area contributed by atoms with E-state index in [1.54, 1.807) is 0 Å². The third kappa shape index (κ3) is 9.13. The van der Waals surface area contributed by atoms with Crippen molar-refractivity contribution < 1.29 is 0 Å². The van der Waals surface area contributed by atoms with Crippen molar-refractivity contribution in [1.82, 2.24) is 15.6 Å². The lowest BCUT2D eigenvalue weighted by atomic mass is 9.99. The molecule has 1 atom stereocenters. The first kappa shape index (κ1) is 22.1. The van der Waals surface area contributed by atoms with E-state index in [2.05, 4.69) is 47.4 Å². The minimum atomic E-state index is 0. The smallest absolute Gasteiger partial charge is 0.190 e.